The number of aliphatic hydroxyl groups excluding tert-OH is 1. The highest BCUT2D eigenvalue weighted by Crippen LogP contribution is 2.21. The summed E-state index contributed by atoms with van der Waals surface area (Å²) in [5.74, 6) is -0.185. The van der Waals surface area contributed by atoms with Crippen LogP contribution >= 0.6 is 0 Å². The highest BCUT2D eigenvalue weighted by molar-refractivity contribution is 5.47. The Kier molecular flexibility index (Phi) is 4.17. The van der Waals surface area contributed by atoms with Crippen molar-refractivity contribution in [1.82, 2.24) is 0 Å². The number of benzene rings is 2. The zero-order chi connectivity index (χ0) is 13.8. The summed E-state index contributed by atoms with van der Waals surface area (Å²) in [5, 5.41) is 12.4. The van der Waals surface area contributed by atoms with Crippen LogP contribution in [0.4, 0.5) is 10.1 Å². The van der Waals surface area contributed by atoms with Crippen molar-refractivity contribution in [3.8, 4) is 0 Å². The van der Waals surface area contributed by atoms with Crippen LogP contribution in [0.5, 0.6) is 0 Å². The molecule has 2 aromatic carbocycles. The molecule has 0 aromatic heterocycles. The van der Waals surface area contributed by atoms with Crippen molar-refractivity contribution in [2.24, 2.45) is 0 Å². The van der Waals surface area contributed by atoms with Gasteiger partial charge in [0.1, 0.15) is 5.82 Å². The first kappa shape index (κ1) is 13.6. The molecule has 0 amide bonds. The van der Waals surface area contributed by atoms with Crippen LogP contribution in [0.2, 0.25) is 0 Å². The van der Waals surface area contributed by atoms with Crippen LogP contribution in [-0.4, -0.2) is 5.11 Å². The molecule has 2 nitrogen and oxygen atoms in total. The zero-order valence-electron chi connectivity index (χ0n) is 11.2. The summed E-state index contributed by atoms with van der Waals surface area (Å²) in [7, 11) is 0. The second-order valence-corrected chi connectivity index (χ2v) is 4.73. The molecule has 100 valence electrons. The summed E-state index contributed by atoms with van der Waals surface area (Å²) in [6.45, 7) is 3.75. The van der Waals surface area contributed by atoms with Crippen molar-refractivity contribution < 1.29 is 9.50 Å². The van der Waals surface area contributed by atoms with Crippen molar-refractivity contribution in [2.45, 2.75) is 26.5 Å². The van der Waals surface area contributed by atoms with Gasteiger partial charge in [0.15, 0.2) is 0 Å². The maximum Gasteiger partial charge on any atom is 0.126 e. The second kappa shape index (κ2) is 5.85. The van der Waals surface area contributed by atoms with Gasteiger partial charge in [-0.2, -0.15) is 0 Å². The number of anilines is 1. The zero-order valence-corrected chi connectivity index (χ0v) is 11.2. The fourth-order valence-electron chi connectivity index (χ4n) is 1.97. The van der Waals surface area contributed by atoms with E-state index in [0.717, 1.165) is 16.8 Å². The van der Waals surface area contributed by atoms with Crippen LogP contribution in [0.15, 0.2) is 42.5 Å². The summed E-state index contributed by atoms with van der Waals surface area (Å²) in [5.41, 5.74) is 3.32. The van der Waals surface area contributed by atoms with Gasteiger partial charge >= 0.3 is 0 Å². The van der Waals surface area contributed by atoms with Gasteiger partial charge in [0.25, 0.3) is 0 Å². The molecule has 3 heteroatoms. The Labute approximate surface area is 112 Å². The standard InChI is InChI=1S/C16H18FNO/c1-11-6-7-14(9-16(11)17)12(2)18-15-5-3-4-13(8-15)10-19/h3-9,12,18-19H,10H2,1-2H3. The lowest BCUT2D eigenvalue weighted by atomic mass is 10.1. The Bertz CT molecular complexity index is 568. The minimum Gasteiger partial charge on any atom is -0.392 e. The van der Waals surface area contributed by atoms with Gasteiger partial charge in [0.05, 0.1) is 6.61 Å². The van der Waals surface area contributed by atoms with E-state index in [-0.39, 0.29) is 18.5 Å². The average Bonchev–Trinajstić information content (AvgIpc) is 2.42. The van der Waals surface area contributed by atoms with Gasteiger partial charge in [-0.1, -0.05) is 24.3 Å². The van der Waals surface area contributed by atoms with Gasteiger partial charge in [-0.05, 0) is 48.7 Å². The number of aliphatic hydroxyl groups is 1. The predicted molar refractivity (Wildman–Crippen MR) is 75.5 cm³/mol. The molecule has 0 saturated heterocycles. The third kappa shape index (κ3) is 3.32. The molecule has 0 heterocycles. The quantitative estimate of drug-likeness (QED) is 0.875. The van der Waals surface area contributed by atoms with E-state index in [2.05, 4.69) is 5.32 Å². The fourth-order valence-corrected chi connectivity index (χ4v) is 1.97. The van der Waals surface area contributed by atoms with Gasteiger partial charge in [-0.25, -0.2) is 4.39 Å². The Morgan fingerprint density at radius 3 is 2.68 bits per heavy atom. The Morgan fingerprint density at radius 1 is 1.21 bits per heavy atom. The monoisotopic (exact) mass is 259 g/mol. The number of aryl methyl sites for hydroxylation is 1. The molecule has 0 aliphatic heterocycles. The van der Waals surface area contributed by atoms with E-state index in [9.17, 15) is 4.39 Å². The molecule has 2 rings (SSSR count). The van der Waals surface area contributed by atoms with Gasteiger partial charge in [-0.15, -0.1) is 0 Å². The van der Waals surface area contributed by atoms with Crippen molar-refractivity contribution in [3.05, 3.63) is 65.0 Å². The predicted octanol–water partition coefficient (Wildman–Crippen LogP) is 3.80. The van der Waals surface area contributed by atoms with Crippen LogP contribution in [0.3, 0.4) is 0 Å². The van der Waals surface area contributed by atoms with E-state index in [1.54, 1.807) is 19.1 Å². The lowest BCUT2D eigenvalue weighted by molar-refractivity contribution is 0.282. The smallest absolute Gasteiger partial charge is 0.126 e. The molecule has 0 bridgehead atoms. The Morgan fingerprint density at radius 2 is 2.00 bits per heavy atom. The maximum absolute atomic E-state index is 13.5. The molecule has 19 heavy (non-hydrogen) atoms. The molecule has 0 fully saturated rings. The molecule has 2 aromatic rings. The molecule has 1 atom stereocenters. The highest BCUT2D eigenvalue weighted by atomic mass is 19.1. The third-order valence-corrected chi connectivity index (χ3v) is 3.19. The summed E-state index contributed by atoms with van der Waals surface area (Å²) in [4.78, 5) is 0. The van der Waals surface area contributed by atoms with E-state index >= 15 is 0 Å². The third-order valence-electron chi connectivity index (χ3n) is 3.19. The summed E-state index contributed by atoms with van der Waals surface area (Å²) >= 11 is 0. The van der Waals surface area contributed by atoms with Crippen molar-refractivity contribution >= 4 is 5.69 Å². The molecule has 1 unspecified atom stereocenters. The number of hydrogen-bond donors (Lipinski definition) is 2. The summed E-state index contributed by atoms with van der Waals surface area (Å²) < 4.78 is 13.5. The molecule has 0 radical (unpaired) electrons. The molecule has 0 spiro atoms. The van der Waals surface area contributed by atoms with Crippen LogP contribution < -0.4 is 5.32 Å². The topological polar surface area (TPSA) is 32.3 Å². The molecular weight excluding hydrogens is 241 g/mol. The number of halogens is 1. The number of rotatable bonds is 4. The van der Waals surface area contributed by atoms with Crippen LogP contribution in [0, 0.1) is 12.7 Å². The van der Waals surface area contributed by atoms with Gasteiger partial charge < -0.3 is 10.4 Å². The minimum atomic E-state index is -0.185. The fraction of sp³-hybridized carbons (Fsp3) is 0.250. The van der Waals surface area contributed by atoms with Crippen LogP contribution in [0.1, 0.15) is 29.7 Å². The first-order valence-corrected chi connectivity index (χ1v) is 6.32. The summed E-state index contributed by atoms with van der Waals surface area (Å²) in [6, 6.07) is 12.8. The maximum atomic E-state index is 13.5. The summed E-state index contributed by atoms with van der Waals surface area (Å²) in [6.07, 6.45) is 0. The lowest BCUT2D eigenvalue weighted by Crippen LogP contribution is -2.07. The van der Waals surface area contributed by atoms with E-state index in [0.29, 0.717) is 5.56 Å². The van der Waals surface area contributed by atoms with Crippen LogP contribution in [-0.2, 0) is 6.61 Å². The molecule has 2 N–H and O–H groups in total. The van der Waals surface area contributed by atoms with Crippen molar-refractivity contribution in [1.29, 1.82) is 0 Å². The van der Waals surface area contributed by atoms with Crippen molar-refractivity contribution in [2.75, 3.05) is 5.32 Å². The SMILES string of the molecule is Cc1ccc(C(C)Nc2cccc(CO)c2)cc1F. The second-order valence-electron chi connectivity index (χ2n) is 4.73. The first-order valence-electron chi connectivity index (χ1n) is 6.32. The van der Waals surface area contributed by atoms with Gasteiger partial charge in [0, 0.05) is 11.7 Å². The number of hydrogen-bond acceptors (Lipinski definition) is 2. The largest absolute Gasteiger partial charge is 0.392 e. The van der Waals surface area contributed by atoms with E-state index < -0.39 is 0 Å². The van der Waals surface area contributed by atoms with E-state index in [4.69, 9.17) is 5.11 Å². The molecule has 0 aliphatic carbocycles. The van der Waals surface area contributed by atoms with Gasteiger partial charge in [0.2, 0.25) is 0 Å². The van der Waals surface area contributed by atoms with E-state index in [1.807, 2.05) is 37.3 Å². The first-order chi connectivity index (χ1) is 9.10. The van der Waals surface area contributed by atoms with Crippen molar-refractivity contribution in [3.63, 3.8) is 0 Å². The normalized spacial score (nSPS) is 12.2. The lowest BCUT2D eigenvalue weighted by Gasteiger charge is -2.16. The number of nitrogens with one attached hydrogen (secondary N) is 1. The van der Waals surface area contributed by atoms with Crippen LogP contribution in [0.25, 0.3) is 0 Å². The minimum absolute atomic E-state index is 0.00374. The van der Waals surface area contributed by atoms with E-state index in [1.165, 1.54) is 0 Å². The molecule has 0 saturated carbocycles. The Hall–Kier alpha value is -1.87. The Balaban J connectivity index is 2.15. The molecule has 0 aliphatic rings. The average molecular weight is 259 g/mol. The van der Waals surface area contributed by atoms with Gasteiger partial charge in [-0.3, -0.25) is 0 Å². The molecular formula is C16H18FNO. The highest BCUT2D eigenvalue weighted by Gasteiger charge is 2.08.